The molecule has 0 saturated carbocycles. The number of hydrogen-bond acceptors (Lipinski definition) is 4. The van der Waals surface area contributed by atoms with Gasteiger partial charge in [-0.25, -0.2) is 9.37 Å². The van der Waals surface area contributed by atoms with E-state index in [1.54, 1.807) is 0 Å². The van der Waals surface area contributed by atoms with E-state index in [-0.39, 0.29) is 17.9 Å². The number of unbranched alkanes of at least 4 members (excludes halogenated alkanes) is 1. The van der Waals surface area contributed by atoms with Crippen LogP contribution in [0, 0.1) is 12.7 Å². The van der Waals surface area contributed by atoms with Gasteiger partial charge in [0.05, 0.1) is 5.56 Å². The summed E-state index contributed by atoms with van der Waals surface area (Å²) in [5, 5.41) is 9.17. The zero-order valence-electron chi connectivity index (χ0n) is 19.7. The number of alkyl halides is 3. The lowest BCUT2D eigenvalue weighted by Gasteiger charge is -2.12. The third-order valence-electron chi connectivity index (χ3n) is 5.34. The van der Waals surface area contributed by atoms with Gasteiger partial charge in [0.2, 0.25) is 5.91 Å². The number of aromatic amines is 1. The number of rotatable bonds is 11. The molecule has 0 radical (unpaired) electrons. The van der Waals surface area contributed by atoms with Crippen LogP contribution in [0.3, 0.4) is 0 Å². The number of amides is 1. The summed E-state index contributed by atoms with van der Waals surface area (Å²) in [6.45, 7) is 5.75. The lowest BCUT2D eigenvalue weighted by Crippen LogP contribution is -2.23. The normalized spacial score (nSPS) is 11.6. The molecular weight excluding hydrogens is 476 g/mol. The van der Waals surface area contributed by atoms with Crippen LogP contribution in [-0.4, -0.2) is 27.7 Å². The molecule has 0 fully saturated rings. The molecule has 0 unspecified atom stereocenters. The second-order valence-electron chi connectivity index (χ2n) is 8.18. The van der Waals surface area contributed by atoms with E-state index in [0.29, 0.717) is 11.8 Å². The van der Waals surface area contributed by atoms with Gasteiger partial charge in [-0.05, 0) is 67.7 Å². The third-order valence-corrected chi connectivity index (χ3v) is 5.34. The van der Waals surface area contributed by atoms with Crippen molar-refractivity contribution in [2.75, 3.05) is 6.61 Å². The molecule has 36 heavy (non-hydrogen) atoms. The number of carbonyl (C=O) groups excluding carboxylic acids is 1. The van der Waals surface area contributed by atoms with Gasteiger partial charge in [-0.15, -0.1) is 0 Å². The maximum Gasteiger partial charge on any atom is 0.416 e. The van der Waals surface area contributed by atoms with Crippen molar-refractivity contribution in [1.29, 1.82) is 0 Å². The zero-order chi connectivity index (χ0) is 26.1. The topological polar surface area (TPSA) is 79.9 Å². The zero-order valence-corrected chi connectivity index (χ0v) is 19.7. The van der Waals surface area contributed by atoms with Crippen molar-refractivity contribution in [1.82, 2.24) is 20.5 Å². The van der Waals surface area contributed by atoms with Gasteiger partial charge in [0.25, 0.3) is 0 Å². The highest BCUT2D eigenvalue weighted by Crippen LogP contribution is 2.30. The quantitative estimate of drug-likeness (QED) is 0.204. The first-order valence-electron chi connectivity index (χ1n) is 11.2. The van der Waals surface area contributed by atoms with E-state index in [0.717, 1.165) is 61.4 Å². The van der Waals surface area contributed by atoms with E-state index in [1.165, 1.54) is 11.9 Å². The van der Waals surface area contributed by atoms with Crippen LogP contribution in [-0.2, 0) is 23.8 Å². The van der Waals surface area contributed by atoms with Gasteiger partial charge >= 0.3 is 6.18 Å². The summed E-state index contributed by atoms with van der Waals surface area (Å²) in [6.07, 6.45) is 2.73. The second kappa shape index (κ2) is 12.1. The van der Waals surface area contributed by atoms with Crippen molar-refractivity contribution in [3.8, 4) is 5.75 Å². The Hall–Kier alpha value is -3.95. The molecule has 1 amide bonds. The average Bonchev–Trinajstić information content (AvgIpc) is 3.33. The van der Waals surface area contributed by atoms with Crippen LogP contribution < -0.4 is 10.1 Å². The molecule has 1 aromatic heterocycles. The van der Waals surface area contributed by atoms with Gasteiger partial charge in [0.1, 0.15) is 30.3 Å². The molecule has 10 heteroatoms. The summed E-state index contributed by atoms with van der Waals surface area (Å²) in [6, 6.07) is 7.86. The average molecular weight is 503 g/mol. The summed E-state index contributed by atoms with van der Waals surface area (Å²) >= 11 is 0. The number of benzene rings is 2. The Kier molecular flexibility index (Phi) is 8.99. The van der Waals surface area contributed by atoms with Crippen molar-refractivity contribution in [3.63, 3.8) is 0 Å². The van der Waals surface area contributed by atoms with Gasteiger partial charge in [-0.2, -0.15) is 18.3 Å². The molecule has 0 aliphatic carbocycles. The van der Waals surface area contributed by atoms with Crippen LogP contribution in [0.4, 0.5) is 17.6 Å². The SMILES string of the molecule is C=C(COc1ccc(CCCCc2ncn[nH]2)c(C)c1)NC(=O)/C=C/c1ccc(C(F)(F)F)cc1F. The first-order chi connectivity index (χ1) is 17.1. The highest BCUT2D eigenvalue weighted by molar-refractivity contribution is 5.92. The molecule has 0 spiro atoms. The predicted octanol–water partition coefficient (Wildman–Crippen LogP) is 5.56. The Morgan fingerprint density at radius 2 is 1.94 bits per heavy atom. The highest BCUT2D eigenvalue weighted by atomic mass is 19.4. The summed E-state index contributed by atoms with van der Waals surface area (Å²) < 4.78 is 57.4. The van der Waals surface area contributed by atoms with Crippen molar-refractivity contribution in [2.45, 2.75) is 38.8 Å². The Labute approximate surface area is 206 Å². The predicted molar refractivity (Wildman–Crippen MR) is 127 cm³/mol. The first kappa shape index (κ1) is 26.7. The van der Waals surface area contributed by atoms with Crippen LogP contribution >= 0.6 is 0 Å². The minimum atomic E-state index is -4.64. The van der Waals surface area contributed by atoms with E-state index in [2.05, 4.69) is 27.1 Å². The molecule has 0 aliphatic rings. The van der Waals surface area contributed by atoms with Gasteiger partial charge in [-0.3, -0.25) is 9.89 Å². The third kappa shape index (κ3) is 8.07. The molecule has 0 bridgehead atoms. The van der Waals surface area contributed by atoms with Crippen LogP contribution in [0.1, 0.15) is 40.9 Å². The maximum atomic E-state index is 13.9. The molecule has 0 saturated heterocycles. The molecule has 6 nitrogen and oxygen atoms in total. The van der Waals surface area contributed by atoms with Gasteiger partial charge in [-0.1, -0.05) is 18.7 Å². The fourth-order valence-electron chi connectivity index (χ4n) is 3.42. The first-order valence-corrected chi connectivity index (χ1v) is 11.2. The standard InChI is InChI=1S/C26H26F4N4O2/c1-17-13-22(11-8-19(17)5-3-4-6-24-31-16-32-34-24)36-15-18(2)33-25(35)12-9-20-7-10-21(14-23(20)27)26(28,29)30/h7-14,16H,2-6,15H2,1H3,(H,33,35)(H,31,32,34)/b12-9+. The van der Waals surface area contributed by atoms with Crippen molar-refractivity contribution >= 4 is 12.0 Å². The fourth-order valence-corrected chi connectivity index (χ4v) is 3.42. The minimum absolute atomic E-state index is 0.0180. The van der Waals surface area contributed by atoms with Crippen LogP contribution in [0.5, 0.6) is 5.75 Å². The number of aromatic nitrogens is 3. The number of carbonyl (C=O) groups is 1. The lowest BCUT2D eigenvalue weighted by molar-refractivity contribution is -0.137. The van der Waals surface area contributed by atoms with Crippen LogP contribution in [0.15, 0.2) is 61.1 Å². The number of ether oxygens (including phenoxy) is 1. The van der Waals surface area contributed by atoms with Crippen LogP contribution in [0.2, 0.25) is 0 Å². The molecule has 0 aliphatic heterocycles. The largest absolute Gasteiger partial charge is 0.487 e. The number of nitrogens with one attached hydrogen (secondary N) is 2. The van der Waals surface area contributed by atoms with Crippen LogP contribution in [0.25, 0.3) is 6.08 Å². The van der Waals surface area contributed by atoms with E-state index < -0.39 is 23.5 Å². The maximum absolute atomic E-state index is 13.9. The van der Waals surface area contributed by atoms with E-state index in [4.69, 9.17) is 4.74 Å². The molecule has 190 valence electrons. The molecule has 3 rings (SSSR count). The van der Waals surface area contributed by atoms with E-state index in [9.17, 15) is 22.4 Å². The number of nitrogens with zero attached hydrogens (tertiary/aromatic N) is 2. The van der Waals surface area contributed by atoms with E-state index in [1.807, 2.05) is 25.1 Å². The van der Waals surface area contributed by atoms with Crippen molar-refractivity contribution < 1.29 is 27.1 Å². The van der Waals surface area contributed by atoms with Gasteiger partial charge in [0, 0.05) is 23.8 Å². The molecule has 3 aromatic rings. The van der Waals surface area contributed by atoms with Gasteiger partial charge in [0.15, 0.2) is 0 Å². The van der Waals surface area contributed by atoms with Crippen molar-refractivity contribution in [2.24, 2.45) is 0 Å². The van der Waals surface area contributed by atoms with Gasteiger partial charge < -0.3 is 10.1 Å². The molecule has 2 aromatic carbocycles. The summed E-state index contributed by atoms with van der Waals surface area (Å²) in [7, 11) is 0. The number of hydrogen-bond donors (Lipinski definition) is 2. The second-order valence-corrected chi connectivity index (χ2v) is 8.18. The summed E-state index contributed by atoms with van der Waals surface area (Å²) in [4.78, 5) is 16.2. The molecule has 1 heterocycles. The Morgan fingerprint density at radius 3 is 2.61 bits per heavy atom. The fraction of sp³-hybridized carbons (Fsp3) is 0.269. The van der Waals surface area contributed by atoms with Crippen molar-refractivity contribution in [3.05, 3.63) is 95.0 Å². The molecule has 0 atom stereocenters. The smallest absolute Gasteiger partial charge is 0.416 e. The van der Waals surface area contributed by atoms with E-state index >= 15 is 0 Å². The summed E-state index contributed by atoms with van der Waals surface area (Å²) in [5.41, 5.74) is 1.33. The minimum Gasteiger partial charge on any atom is -0.487 e. The number of halogens is 4. The monoisotopic (exact) mass is 502 g/mol. The molecule has 2 N–H and O–H groups in total. The summed E-state index contributed by atoms with van der Waals surface area (Å²) in [5.74, 6) is -0.190. The molecular formula is C26H26F4N4O2. The Bertz CT molecular complexity index is 1220. The number of H-pyrrole nitrogens is 1. The number of aryl methyl sites for hydroxylation is 3. The Morgan fingerprint density at radius 1 is 1.17 bits per heavy atom. The lowest BCUT2D eigenvalue weighted by atomic mass is 10.0. The Balaban J connectivity index is 1.43. The highest BCUT2D eigenvalue weighted by Gasteiger charge is 2.30.